The Morgan fingerprint density at radius 3 is 2.82 bits per heavy atom. The Bertz CT molecular complexity index is 873. The van der Waals surface area contributed by atoms with Crippen LogP contribution in [0, 0.1) is 0 Å². The number of amides is 1. The van der Waals surface area contributed by atoms with E-state index in [1.54, 1.807) is 11.0 Å². The van der Waals surface area contributed by atoms with Gasteiger partial charge in [0, 0.05) is 30.7 Å². The number of hydrogen-bond acceptors (Lipinski definition) is 4. The van der Waals surface area contributed by atoms with Crippen molar-refractivity contribution in [1.29, 1.82) is 0 Å². The smallest absolute Gasteiger partial charge is 0.257 e. The molecule has 2 atom stereocenters. The zero-order chi connectivity index (χ0) is 19.7. The van der Waals surface area contributed by atoms with Crippen molar-refractivity contribution in [2.75, 3.05) is 26.2 Å². The van der Waals surface area contributed by atoms with Crippen LogP contribution in [-0.2, 0) is 13.0 Å². The zero-order valence-electron chi connectivity index (χ0n) is 16.0. The largest absolute Gasteiger partial charge is 0.488 e. The van der Waals surface area contributed by atoms with E-state index in [2.05, 4.69) is 45.1 Å². The van der Waals surface area contributed by atoms with Gasteiger partial charge < -0.3 is 14.7 Å². The highest BCUT2D eigenvalue weighted by atomic mass is 79.9. The fourth-order valence-electron chi connectivity index (χ4n) is 4.07. The van der Waals surface area contributed by atoms with E-state index in [0.29, 0.717) is 30.9 Å². The highest BCUT2D eigenvalue weighted by Gasteiger charge is 2.29. The predicted molar refractivity (Wildman–Crippen MR) is 112 cm³/mol. The molecule has 0 saturated heterocycles. The van der Waals surface area contributed by atoms with E-state index in [0.717, 1.165) is 24.0 Å². The fourth-order valence-corrected chi connectivity index (χ4v) is 4.41. The quantitative estimate of drug-likeness (QED) is 0.786. The molecule has 0 aromatic heterocycles. The lowest BCUT2D eigenvalue weighted by atomic mass is 10.00. The molecule has 1 N–H and O–H groups in total. The summed E-state index contributed by atoms with van der Waals surface area (Å²) in [6.45, 7) is 5.05. The average Bonchev–Trinajstić information content (AvgIpc) is 2.77. The Morgan fingerprint density at radius 2 is 2.00 bits per heavy atom. The van der Waals surface area contributed by atoms with Gasteiger partial charge in [0.1, 0.15) is 11.9 Å². The number of benzene rings is 2. The summed E-state index contributed by atoms with van der Waals surface area (Å²) < 4.78 is 6.80. The van der Waals surface area contributed by atoms with E-state index in [1.807, 2.05) is 19.1 Å². The number of nitrogens with zero attached hydrogens (tertiary/aromatic N) is 2. The molecule has 148 valence electrons. The lowest BCUT2D eigenvalue weighted by molar-refractivity contribution is 0.0454. The third-order valence-corrected chi connectivity index (χ3v) is 5.87. The topological polar surface area (TPSA) is 53.0 Å². The van der Waals surface area contributed by atoms with Gasteiger partial charge in [-0.05, 0) is 42.7 Å². The van der Waals surface area contributed by atoms with Gasteiger partial charge in [-0.25, -0.2) is 0 Å². The van der Waals surface area contributed by atoms with Gasteiger partial charge in [0.2, 0.25) is 0 Å². The molecule has 28 heavy (non-hydrogen) atoms. The molecule has 2 aromatic rings. The molecule has 5 nitrogen and oxygen atoms in total. The number of ether oxygens (including phenoxy) is 1. The van der Waals surface area contributed by atoms with Gasteiger partial charge in [0.05, 0.1) is 18.2 Å². The molecule has 0 radical (unpaired) electrons. The molecule has 2 aliphatic rings. The molecule has 0 saturated carbocycles. The first-order valence-corrected chi connectivity index (χ1v) is 10.5. The molecular formula is C22H25BrN2O3. The number of rotatable bonds is 4. The Labute approximate surface area is 174 Å². The van der Waals surface area contributed by atoms with Gasteiger partial charge in [-0.3, -0.25) is 9.69 Å². The summed E-state index contributed by atoms with van der Waals surface area (Å²) in [6.07, 6.45) is 0.269. The number of aliphatic hydroxyl groups is 1. The molecule has 0 bridgehead atoms. The Hall–Kier alpha value is -1.89. The molecule has 0 fully saturated rings. The molecule has 0 spiro atoms. The van der Waals surface area contributed by atoms with Gasteiger partial charge in [0.25, 0.3) is 5.91 Å². The van der Waals surface area contributed by atoms with Crippen LogP contribution < -0.4 is 4.74 Å². The second-order valence-electron chi connectivity index (χ2n) is 7.69. The SMILES string of the molecule is C[C@@H]1CN(C[C@H](O)CN2CCc3ccccc3C2)C(=O)c2ccc(Br)cc2O1. The standard InChI is InChI=1S/C22H25BrN2O3/c1-15-11-25(22(27)20-7-6-18(23)10-21(20)28-15)14-19(26)13-24-9-8-16-4-2-3-5-17(16)12-24/h2-7,10,15,19,26H,8-9,11-14H2,1H3/t15-,19-/m1/s1. The maximum absolute atomic E-state index is 13.0. The molecule has 4 rings (SSSR count). The molecule has 1 amide bonds. The first kappa shape index (κ1) is 19.4. The van der Waals surface area contributed by atoms with Crippen molar-refractivity contribution in [2.24, 2.45) is 0 Å². The number of aliphatic hydroxyl groups excluding tert-OH is 1. The number of β-amino-alcohol motifs (C(OH)–C–C–N with tert-alkyl or cyclic N) is 1. The second-order valence-corrected chi connectivity index (χ2v) is 8.60. The molecule has 2 aliphatic heterocycles. The van der Waals surface area contributed by atoms with Gasteiger partial charge in [-0.2, -0.15) is 0 Å². The van der Waals surface area contributed by atoms with Gasteiger partial charge in [0.15, 0.2) is 0 Å². The summed E-state index contributed by atoms with van der Waals surface area (Å²) in [7, 11) is 0. The van der Waals surface area contributed by atoms with Crippen LogP contribution in [0.15, 0.2) is 46.9 Å². The summed E-state index contributed by atoms with van der Waals surface area (Å²) in [6, 6.07) is 13.9. The lowest BCUT2D eigenvalue weighted by Crippen LogP contribution is -2.45. The highest BCUT2D eigenvalue weighted by Crippen LogP contribution is 2.28. The maximum Gasteiger partial charge on any atom is 0.257 e. The van der Waals surface area contributed by atoms with Crippen LogP contribution in [0.3, 0.4) is 0 Å². The molecular weight excluding hydrogens is 420 g/mol. The highest BCUT2D eigenvalue weighted by molar-refractivity contribution is 9.10. The number of carbonyl (C=O) groups excluding carboxylic acids is 1. The Kier molecular flexibility index (Phi) is 5.71. The maximum atomic E-state index is 13.0. The Balaban J connectivity index is 1.42. The van der Waals surface area contributed by atoms with Crippen LogP contribution in [-0.4, -0.2) is 59.2 Å². The number of halogens is 1. The van der Waals surface area contributed by atoms with E-state index in [9.17, 15) is 9.90 Å². The third kappa shape index (κ3) is 4.24. The first-order chi connectivity index (χ1) is 13.5. The van der Waals surface area contributed by atoms with Gasteiger partial charge in [-0.1, -0.05) is 40.2 Å². The van der Waals surface area contributed by atoms with Crippen molar-refractivity contribution < 1.29 is 14.6 Å². The number of fused-ring (bicyclic) bond motifs is 2. The van der Waals surface area contributed by atoms with Crippen LogP contribution in [0.25, 0.3) is 0 Å². The third-order valence-electron chi connectivity index (χ3n) is 5.38. The minimum atomic E-state index is -0.599. The van der Waals surface area contributed by atoms with Crippen molar-refractivity contribution in [3.05, 3.63) is 63.6 Å². The lowest BCUT2D eigenvalue weighted by Gasteiger charge is -2.32. The van der Waals surface area contributed by atoms with Crippen LogP contribution in [0.2, 0.25) is 0 Å². The summed E-state index contributed by atoms with van der Waals surface area (Å²) in [5.74, 6) is 0.506. The van der Waals surface area contributed by atoms with Crippen molar-refractivity contribution in [2.45, 2.75) is 32.1 Å². The summed E-state index contributed by atoms with van der Waals surface area (Å²) in [5, 5.41) is 10.7. The molecule has 0 aliphatic carbocycles. The average molecular weight is 445 g/mol. The Morgan fingerprint density at radius 1 is 1.21 bits per heavy atom. The summed E-state index contributed by atoms with van der Waals surface area (Å²) >= 11 is 3.43. The predicted octanol–water partition coefficient (Wildman–Crippen LogP) is 3.09. The minimum Gasteiger partial charge on any atom is -0.488 e. The van der Waals surface area contributed by atoms with Crippen molar-refractivity contribution in [3.63, 3.8) is 0 Å². The van der Waals surface area contributed by atoms with Gasteiger partial charge in [-0.15, -0.1) is 0 Å². The first-order valence-electron chi connectivity index (χ1n) is 9.72. The molecule has 2 heterocycles. The van der Waals surface area contributed by atoms with Crippen LogP contribution >= 0.6 is 15.9 Å². The van der Waals surface area contributed by atoms with Crippen LogP contribution in [0.4, 0.5) is 0 Å². The van der Waals surface area contributed by atoms with E-state index >= 15 is 0 Å². The second kappa shape index (κ2) is 8.23. The number of hydrogen-bond donors (Lipinski definition) is 1. The normalized spacial score (nSPS) is 20.8. The number of carbonyl (C=O) groups is 1. The summed E-state index contributed by atoms with van der Waals surface area (Å²) in [5.41, 5.74) is 3.27. The van der Waals surface area contributed by atoms with E-state index < -0.39 is 6.10 Å². The van der Waals surface area contributed by atoms with Crippen molar-refractivity contribution in [3.8, 4) is 5.75 Å². The minimum absolute atomic E-state index is 0.0881. The molecule has 0 unspecified atom stereocenters. The molecule has 2 aromatic carbocycles. The van der Waals surface area contributed by atoms with E-state index in [1.165, 1.54) is 11.1 Å². The van der Waals surface area contributed by atoms with Crippen LogP contribution in [0.1, 0.15) is 28.4 Å². The molecule has 6 heteroatoms. The van der Waals surface area contributed by atoms with Gasteiger partial charge >= 0.3 is 0 Å². The van der Waals surface area contributed by atoms with Crippen LogP contribution in [0.5, 0.6) is 5.75 Å². The van der Waals surface area contributed by atoms with E-state index in [-0.39, 0.29) is 12.0 Å². The van der Waals surface area contributed by atoms with Crippen molar-refractivity contribution in [1.82, 2.24) is 9.80 Å². The zero-order valence-corrected chi connectivity index (χ0v) is 17.6. The fraction of sp³-hybridized carbons (Fsp3) is 0.409. The van der Waals surface area contributed by atoms with Crippen molar-refractivity contribution >= 4 is 21.8 Å². The van der Waals surface area contributed by atoms with E-state index in [4.69, 9.17) is 4.74 Å². The monoisotopic (exact) mass is 444 g/mol. The summed E-state index contributed by atoms with van der Waals surface area (Å²) in [4.78, 5) is 17.0.